The molecule has 1 aliphatic heterocycles. The van der Waals surface area contributed by atoms with Crippen LogP contribution < -0.4 is 5.32 Å². The van der Waals surface area contributed by atoms with E-state index in [0.717, 1.165) is 38.6 Å². The van der Waals surface area contributed by atoms with Gasteiger partial charge in [-0.2, -0.15) is 0 Å². The summed E-state index contributed by atoms with van der Waals surface area (Å²) < 4.78 is 0. The second-order valence-corrected chi connectivity index (χ2v) is 5.21. The first kappa shape index (κ1) is 8.80. The molecule has 1 atom stereocenters. The largest absolute Gasteiger partial charge is 0.384 e. The number of rotatable bonds is 0. The molecule has 0 aromatic heterocycles. The van der Waals surface area contributed by atoms with Gasteiger partial charge in [0.05, 0.1) is 0 Å². The van der Waals surface area contributed by atoms with Crippen molar-refractivity contribution in [3.63, 3.8) is 0 Å². The summed E-state index contributed by atoms with van der Waals surface area (Å²) in [7, 11) is 0. The highest BCUT2D eigenvalue weighted by Crippen LogP contribution is 2.48. The van der Waals surface area contributed by atoms with Crippen LogP contribution in [0.1, 0.15) is 32.1 Å². The number of ketones is 1. The van der Waals surface area contributed by atoms with Gasteiger partial charge in [-0.1, -0.05) is 6.08 Å². The number of hydrogen-bond donors (Lipinski definition) is 1. The van der Waals surface area contributed by atoms with E-state index in [1.54, 1.807) is 5.57 Å². The lowest BCUT2D eigenvalue weighted by Gasteiger charge is -2.26. The van der Waals surface area contributed by atoms with E-state index in [0.29, 0.717) is 11.7 Å². The van der Waals surface area contributed by atoms with E-state index in [1.165, 1.54) is 22.4 Å². The van der Waals surface area contributed by atoms with Gasteiger partial charge in [0.1, 0.15) is 0 Å². The Morgan fingerprint density at radius 3 is 3.00 bits per heavy atom. The zero-order valence-corrected chi connectivity index (χ0v) is 9.31. The number of hydrogen-bond acceptors (Lipinski definition) is 2. The van der Waals surface area contributed by atoms with Gasteiger partial charge in [0.25, 0.3) is 0 Å². The molecule has 0 saturated carbocycles. The first-order valence-electron chi connectivity index (χ1n) is 6.27. The Balaban J connectivity index is 1.93. The van der Waals surface area contributed by atoms with Crippen molar-refractivity contribution in [1.82, 2.24) is 5.32 Å². The van der Waals surface area contributed by atoms with Crippen LogP contribution in [-0.2, 0) is 4.79 Å². The number of Topliss-reactive ketones (excluding diaryl/α,β-unsaturated/α-hetero) is 1. The van der Waals surface area contributed by atoms with Crippen molar-refractivity contribution in [3.8, 4) is 0 Å². The normalized spacial score (nSPS) is 31.4. The summed E-state index contributed by atoms with van der Waals surface area (Å²) >= 11 is 0. The van der Waals surface area contributed by atoms with Crippen LogP contribution in [-0.4, -0.2) is 12.3 Å². The van der Waals surface area contributed by atoms with Crippen molar-refractivity contribution in [1.29, 1.82) is 0 Å². The average Bonchev–Trinajstić information content (AvgIpc) is 2.87. The Hall–Kier alpha value is -1.31. The molecule has 0 bridgehead atoms. The molecule has 16 heavy (non-hydrogen) atoms. The Morgan fingerprint density at radius 1 is 1.12 bits per heavy atom. The molecule has 2 heteroatoms. The minimum atomic E-state index is 0.421. The summed E-state index contributed by atoms with van der Waals surface area (Å²) in [4.78, 5) is 11.8. The molecule has 0 spiro atoms. The van der Waals surface area contributed by atoms with E-state index in [2.05, 4.69) is 11.4 Å². The summed E-state index contributed by atoms with van der Waals surface area (Å²) in [5.41, 5.74) is 7.05. The van der Waals surface area contributed by atoms with E-state index in [1.807, 2.05) is 0 Å². The Morgan fingerprint density at radius 2 is 2.06 bits per heavy atom. The Bertz CT molecular complexity index is 493. The van der Waals surface area contributed by atoms with Gasteiger partial charge in [-0.3, -0.25) is 4.79 Å². The van der Waals surface area contributed by atoms with Crippen LogP contribution >= 0.6 is 0 Å². The third-order valence-electron chi connectivity index (χ3n) is 4.42. The van der Waals surface area contributed by atoms with E-state index in [-0.39, 0.29) is 0 Å². The van der Waals surface area contributed by atoms with Crippen molar-refractivity contribution in [3.05, 3.63) is 34.1 Å². The molecule has 82 valence electrons. The van der Waals surface area contributed by atoms with Crippen molar-refractivity contribution in [2.75, 3.05) is 6.54 Å². The van der Waals surface area contributed by atoms with Crippen molar-refractivity contribution in [2.24, 2.45) is 5.92 Å². The molecule has 1 heterocycles. The van der Waals surface area contributed by atoms with E-state index >= 15 is 0 Å². The maximum Gasteiger partial charge on any atom is 0.159 e. The second kappa shape index (κ2) is 2.88. The van der Waals surface area contributed by atoms with Gasteiger partial charge in [-0.15, -0.1) is 0 Å². The zero-order chi connectivity index (χ0) is 10.7. The van der Waals surface area contributed by atoms with Gasteiger partial charge < -0.3 is 5.32 Å². The minimum absolute atomic E-state index is 0.421. The van der Waals surface area contributed by atoms with E-state index in [9.17, 15) is 4.79 Å². The molecule has 4 aliphatic rings. The fraction of sp³-hybridized carbons (Fsp3) is 0.500. The molecule has 3 aliphatic carbocycles. The van der Waals surface area contributed by atoms with Gasteiger partial charge in [0.2, 0.25) is 0 Å². The highest BCUT2D eigenvalue weighted by atomic mass is 16.1. The maximum atomic E-state index is 11.8. The molecule has 1 saturated heterocycles. The Kier molecular flexibility index (Phi) is 1.58. The summed E-state index contributed by atoms with van der Waals surface area (Å²) in [5.74, 6) is 1.01. The summed E-state index contributed by atoms with van der Waals surface area (Å²) in [6.45, 7) is 1.04. The number of allylic oxidation sites excluding steroid dienone is 5. The number of carbonyl (C=O) groups is 1. The van der Waals surface area contributed by atoms with Crippen molar-refractivity contribution < 1.29 is 4.79 Å². The standard InChI is InChI=1S/C14H15NO/c16-13-5-4-9-10-2-1-3-12-14(10)8(7-15-12)6-11(9)13/h3,8,15H,1-2,4-7H2. The molecule has 0 aromatic carbocycles. The van der Waals surface area contributed by atoms with Gasteiger partial charge in [-0.05, 0) is 48.0 Å². The maximum absolute atomic E-state index is 11.8. The molecule has 1 N–H and O–H groups in total. The predicted octanol–water partition coefficient (Wildman–Crippen LogP) is 2.24. The fourth-order valence-electron chi connectivity index (χ4n) is 3.75. The van der Waals surface area contributed by atoms with Crippen molar-refractivity contribution >= 4 is 5.78 Å². The number of nitrogens with one attached hydrogen (secondary N) is 1. The molecule has 1 fully saturated rings. The quantitative estimate of drug-likeness (QED) is 0.668. The van der Waals surface area contributed by atoms with Gasteiger partial charge in [-0.25, -0.2) is 0 Å². The highest BCUT2D eigenvalue weighted by Gasteiger charge is 2.39. The average molecular weight is 213 g/mol. The first-order valence-corrected chi connectivity index (χ1v) is 6.27. The molecular formula is C14H15NO. The van der Waals surface area contributed by atoms with Crippen LogP contribution in [0.15, 0.2) is 34.1 Å². The minimum Gasteiger partial charge on any atom is -0.384 e. The van der Waals surface area contributed by atoms with Crippen LogP contribution in [0, 0.1) is 5.92 Å². The summed E-state index contributed by atoms with van der Waals surface area (Å²) in [6, 6.07) is 0. The van der Waals surface area contributed by atoms with E-state index in [4.69, 9.17) is 0 Å². The van der Waals surface area contributed by atoms with Crippen LogP contribution in [0.2, 0.25) is 0 Å². The van der Waals surface area contributed by atoms with Crippen LogP contribution in [0.3, 0.4) is 0 Å². The molecule has 0 aromatic rings. The SMILES string of the molecule is O=C1CCC2=C1CC1CNC3=CCCC2=C31. The Labute approximate surface area is 95.1 Å². The van der Waals surface area contributed by atoms with Crippen LogP contribution in [0.4, 0.5) is 0 Å². The smallest absolute Gasteiger partial charge is 0.159 e. The van der Waals surface area contributed by atoms with Gasteiger partial charge in [0.15, 0.2) is 5.78 Å². The number of fused-ring (bicyclic) bond motifs is 1. The molecule has 0 radical (unpaired) electrons. The highest BCUT2D eigenvalue weighted by molar-refractivity contribution is 6.00. The molecule has 2 nitrogen and oxygen atoms in total. The van der Waals surface area contributed by atoms with E-state index < -0.39 is 0 Å². The van der Waals surface area contributed by atoms with Crippen LogP contribution in [0.5, 0.6) is 0 Å². The molecule has 1 unspecified atom stereocenters. The number of carbonyl (C=O) groups excluding carboxylic acids is 1. The molecular weight excluding hydrogens is 198 g/mol. The topological polar surface area (TPSA) is 29.1 Å². The molecule has 0 amide bonds. The summed E-state index contributed by atoms with van der Waals surface area (Å²) in [6.07, 6.45) is 7.40. The zero-order valence-electron chi connectivity index (χ0n) is 9.31. The fourth-order valence-corrected chi connectivity index (χ4v) is 3.75. The third kappa shape index (κ3) is 0.952. The van der Waals surface area contributed by atoms with Gasteiger partial charge >= 0.3 is 0 Å². The third-order valence-corrected chi connectivity index (χ3v) is 4.42. The van der Waals surface area contributed by atoms with Crippen LogP contribution in [0.25, 0.3) is 0 Å². The second-order valence-electron chi connectivity index (χ2n) is 5.21. The lowest BCUT2D eigenvalue weighted by atomic mass is 9.77. The lowest BCUT2D eigenvalue weighted by Crippen LogP contribution is -2.16. The monoisotopic (exact) mass is 213 g/mol. The van der Waals surface area contributed by atoms with Gasteiger partial charge in [0, 0.05) is 24.6 Å². The summed E-state index contributed by atoms with van der Waals surface area (Å²) in [5, 5.41) is 3.50. The van der Waals surface area contributed by atoms with Crippen molar-refractivity contribution in [2.45, 2.75) is 32.1 Å². The first-order chi connectivity index (χ1) is 7.84. The lowest BCUT2D eigenvalue weighted by molar-refractivity contribution is -0.115. The molecule has 4 rings (SSSR count). The predicted molar refractivity (Wildman–Crippen MR) is 61.7 cm³/mol.